The van der Waals surface area contributed by atoms with Crippen molar-refractivity contribution in [3.05, 3.63) is 12.2 Å². The lowest BCUT2D eigenvalue weighted by atomic mass is 9.83. The predicted octanol–water partition coefficient (Wildman–Crippen LogP) is 6.12. The highest BCUT2D eigenvalue weighted by Crippen LogP contribution is 2.30. The Balaban J connectivity index is 1.24. The lowest BCUT2D eigenvalue weighted by Crippen LogP contribution is -2.34. The Labute approximate surface area is 172 Å². The maximum atomic E-state index is 5.91. The molecule has 1 N–H and O–H groups in total. The SMILES string of the molecule is CCCOC1CCC(/C=C/C2CCC(NOOC3CCC(C)CC3)CC2)CC1. The molecule has 0 atom stereocenters. The van der Waals surface area contributed by atoms with Gasteiger partial charge in [0.2, 0.25) is 0 Å². The monoisotopic (exact) mass is 393 g/mol. The van der Waals surface area contributed by atoms with Crippen molar-refractivity contribution >= 4 is 0 Å². The molecule has 0 amide bonds. The van der Waals surface area contributed by atoms with Crippen molar-refractivity contribution < 1.29 is 14.6 Å². The van der Waals surface area contributed by atoms with Crippen molar-refractivity contribution in [2.45, 2.75) is 116 Å². The van der Waals surface area contributed by atoms with Gasteiger partial charge in [-0.3, -0.25) is 0 Å². The summed E-state index contributed by atoms with van der Waals surface area (Å²) in [5.74, 6) is 2.36. The molecule has 0 unspecified atom stereocenters. The van der Waals surface area contributed by atoms with E-state index in [4.69, 9.17) is 14.6 Å². The van der Waals surface area contributed by atoms with Crippen molar-refractivity contribution in [1.29, 1.82) is 0 Å². The Hall–Kier alpha value is -0.420. The molecule has 162 valence electrons. The summed E-state index contributed by atoms with van der Waals surface area (Å²) in [6.07, 6.45) is 21.7. The van der Waals surface area contributed by atoms with Gasteiger partial charge in [-0.25, -0.2) is 4.89 Å². The van der Waals surface area contributed by atoms with Crippen molar-refractivity contribution in [2.75, 3.05) is 6.61 Å². The third kappa shape index (κ3) is 7.78. The van der Waals surface area contributed by atoms with E-state index in [0.717, 1.165) is 43.6 Å². The molecule has 4 heteroatoms. The summed E-state index contributed by atoms with van der Waals surface area (Å²) in [6, 6.07) is 0.443. The van der Waals surface area contributed by atoms with Crippen LogP contribution in [0.25, 0.3) is 0 Å². The van der Waals surface area contributed by atoms with Crippen molar-refractivity contribution in [2.24, 2.45) is 17.8 Å². The van der Waals surface area contributed by atoms with Crippen LogP contribution in [0.1, 0.15) is 97.3 Å². The number of hydroxylamine groups is 1. The van der Waals surface area contributed by atoms with Crippen LogP contribution in [0.4, 0.5) is 0 Å². The average molecular weight is 394 g/mol. The summed E-state index contributed by atoms with van der Waals surface area (Å²) in [7, 11) is 0. The maximum absolute atomic E-state index is 5.91. The fraction of sp³-hybridized carbons (Fsp3) is 0.917. The minimum atomic E-state index is 0.283. The second-order valence-electron chi connectivity index (χ2n) is 9.58. The molecule has 0 spiro atoms. The van der Waals surface area contributed by atoms with Gasteiger partial charge < -0.3 is 4.74 Å². The van der Waals surface area contributed by atoms with Gasteiger partial charge in [-0.15, -0.1) is 4.99 Å². The molecule has 3 rings (SSSR count). The van der Waals surface area contributed by atoms with Crippen LogP contribution >= 0.6 is 0 Å². The van der Waals surface area contributed by atoms with Crippen LogP contribution in [-0.4, -0.2) is 24.9 Å². The van der Waals surface area contributed by atoms with Gasteiger partial charge in [0.25, 0.3) is 0 Å². The van der Waals surface area contributed by atoms with Crippen LogP contribution < -0.4 is 5.48 Å². The first kappa shape index (κ1) is 22.3. The van der Waals surface area contributed by atoms with Crippen molar-refractivity contribution in [3.8, 4) is 0 Å². The van der Waals surface area contributed by atoms with E-state index in [1.165, 1.54) is 64.2 Å². The van der Waals surface area contributed by atoms with Gasteiger partial charge in [0.15, 0.2) is 0 Å². The third-order valence-corrected chi connectivity index (χ3v) is 7.07. The largest absolute Gasteiger partial charge is 0.378 e. The molecule has 0 saturated heterocycles. The number of nitrogens with one attached hydrogen (secondary N) is 1. The van der Waals surface area contributed by atoms with E-state index < -0.39 is 0 Å². The predicted molar refractivity (Wildman–Crippen MR) is 114 cm³/mol. The lowest BCUT2D eigenvalue weighted by molar-refractivity contribution is -0.372. The smallest absolute Gasteiger partial charge is 0.0950 e. The van der Waals surface area contributed by atoms with Crippen LogP contribution in [0.5, 0.6) is 0 Å². The first-order valence-electron chi connectivity index (χ1n) is 12.1. The zero-order chi connectivity index (χ0) is 19.6. The van der Waals surface area contributed by atoms with E-state index in [0.29, 0.717) is 12.1 Å². The van der Waals surface area contributed by atoms with Crippen LogP contribution in [0, 0.1) is 17.8 Å². The molecule has 3 aliphatic carbocycles. The highest BCUT2D eigenvalue weighted by Gasteiger charge is 2.23. The molecular weight excluding hydrogens is 350 g/mol. The van der Waals surface area contributed by atoms with Crippen molar-refractivity contribution in [3.63, 3.8) is 0 Å². The molecule has 0 aromatic carbocycles. The molecular formula is C24H43NO3. The Morgan fingerprint density at radius 3 is 1.93 bits per heavy atom. The zero-order valence-electron chi connectivity index (χ0n) is 18.2. The van der Waals surface area contributed by atoms with Gasteiger partial charge in [-0.2, -0.15) is 5.48 Å². The minimum Gasteiger partial charge on any atom is -0.378 e. The van der Waals surface area contributed by atoms with Crippen LogP contribution in [-0.2, 0) is 14.6 Å². The van der Waals surface area contributed by atoms with Gasteiger partial charge in [0.05, 0.1) is 12.2 Å². The van der Waals surface area contributed by atoms with E-state index >= 15 is 0 Å². The molecule has 0 aliphatic heterocycles. The number of hydrogen-bond donors (Lipinski definition) is 1. The fourth-order valence-corrected chi connectivity index (χ4v) is 4.97. The second-order valence-corrected chi connectivity index (χ2v) is 9.58. The molecule has 0 aromatic heterocycles. The molecule has 3 fully saturated rings. The molecule has 3 aliphatic rings. The van der Waals surface area contributed by atoms with E-state index in [9.17, 15) is 0 Å². The van der Waals surface area contributed by atoms with Crippen molar-refractivity contribution in [1.82, 2.24) is 5.48 Å². The van der Waals surface area contributed by atoms with Gasteiger partial charge in [0.1, 0.15) is 0 Å². The highest BCUT2D eigenvalue weighted by molar-refractivity contribution is 4.96. The second kappa shape index (κ2) is 12.3. The van der Waals surface area contributed by atoms with Gasteiger partial charge in [0, 0.05) is 12.6 Å². The standard InChI is InChI=1S/C24H43NO3/c1-3-18-26-23-16-10-21(11-17-23)7-6-20-8-12-22(13-9-20)25-28-27-24-14-4-19(2)5-15-24/h6-7,19-25H,3-5,8-18H2,1-2H3/b7-6+. The third-order valence-electron chi connectivity index (χ3n) is 7.07. The molecule has 0 radical (unpaired) electrons. The topological polar surface area (TPSA) is 39.7 Å². The van der Waals surface area contributed by atoms with Gasteiger partial charge >= 0.3 is 0 Å². The number of allylic oxidation sites excluding steroid dienone is 2. The Morgan fingerprint density at radius 1 is 0.750 bits per heavy atom. The Morgan fingerprint density at radius 2 is 1.32 bits per heavy atom. The first-order valence-corrected chi connectivity index (χ1v) is 12.1. The number of hydrogen-bond acceptors (Lipinski definition) is 4. The van der Waals surface area contributed by atoms with E-state index in [2.05, 4.69) is 31.5 Å². The van der Waals surface area contributed by atoms with E-state index in [1.54, 1.807) is 0 Å². The maximum Gasteiger partial charge on any atom is 0.0950 e. The molecule has 0 heterocycles. The fourth-order valence-electron chi connectivity index (χ4n) is 4.97. The highest BCUT2D eigenvalue weighted by atomic mass is 17.3. The summed E-state index contributed by atoms with van der Waals surface area (Å²) in [5.41, 5.74) is 3.17. The summed E-state index contributed by atoms with van der Waals surface area (Å²) < 4.78 is 5.91. The average Bonchev–Trinajstić information content (AvgIpc) is 2.74. The summed E-state index contributed by atoms with van der Waals surface area (Å²) in [6.45, 7) is 5.45. The molecule has 4 nitrogen and oxygen atoms in total. The van der Waals surface area contributed by atoms with Gasteiger partial charge in [-0.05, 0) is 101 Å². The van der Waals surface area contributed by atoms with Crippen LogP contribution in [0.15, 0.2) is 12.2 Å². The summed E-state index contributed by atoms with van der Waals surface area (Å²) in [5, 5.41) is 0. The molecule has 0 bridgehead atoms. The van der Waals surface area contributed by atoms with Crippen LogP contribution in [0.2, 0.25) is 0 Å². The van der Waals surface area contributed by atoms with Crippen LogP contribution in [0.3, 0.4) is 0 Å². The minimum absolute atomic E-state index is 0.283. The Bertz CT molecular complexity index is 431. The first-order chi connectivity index (χ1) is 13.7. The summed E-state index contributed by atoms with van der Waals surface area (Å²) in [4.78, 5) is 11.0. The normalized spacial score (nSPS) is 37.4. The molecule has 3 saturated carbocycles. The zero-order valence-corrected chi connectivity index (χ0v) is 18.2. The van der Waals surface area contributed by atoms with Gasteiger partial charge in [-0.1, -0.05) is 26.0 Å². The number of rotatable bonds is 9. The molecule has 0 aromatic rings. The van der Waals surface area contributed by atoms with E-state index in [1.807, 2.05) is 0 Å². The molecule has 28 heavy (non-hydrogen) atoms. The number of ether oxygens (including phenoxy) is 1. The van der Waals surface area contributed by atoms with E-state index in [-0.39, 0.29) is 6.10 Å². The Kier molecular flexibility index (Phi) is 9.79. The lowest BCUT2D eigenvalue weighted by Gasteiger charge is -2.29. The summed E-state index contributed by atoms with van der Waals surface area (Å²) >= 11 is 0. The quantitative estimate of drug-likeness (QED) is 0.291.